The van der Waals surface area contributed by atoms with Gasteiger partial charge in [0.1, 0.15) is 5.60 Å². The van der Waals surface area contributed by atoms with E-state index in [9.17, 15) is 4.79 Å². The van der Waals surface area contributed by atoms with Crippen LogP contribution in [0.2, 0.25) is 0 Å². The summed E-state index contributed by atoms with van der Waals surface area (Å²) in [4.78, 5) is 12.7. The van der Waals surface area contributed by atoms with Crippen molar-refractivity contribution < 1.29 is 9.53 Å². The van der Waals surface area contributed by atoms with E-state index in [1.54, 1.807) is 11.8 Å². The topological polar surface area (TPSA) is 26.3 Å². The van der Waals surface area contributed by atoms with E-state index in [-0.39, 0.29) is 5.97 Å². The maximum absolute atomic E-state index is 11.5. The molecule has 0 spiro atoms. The summed E-state index contributed by atoms with van der Waals surface area (Å²) in [6.07, 6.45) is 6.13. The number of hydrogen-bond acceptors (Lipinski definition) is 3. The van der Waals surface area contributed by atoms with Gasteiger partial charge in [-0.25, -0.2) is 0 Å². The minimum atomic E-state index is -0.412. The van der Waals surface area contributed by atoms with E-state index in [1.165, 1.54) is 4.90 Å². The Morgan fingerprint density at radius 1 is 1.28 bits per heavy atom. The quantitative estimate of drug-likeness (QED) is 0.603. The van der Waals surface area contributed by atoms with Crippen molar-refractivity contribution in [1.29, 1.82) is 0 Å². The molecular formula is C15H20O2S. The third-order valence-electron chi connectivity index (χ3n) is 2.13. The fourth-order valence-electron chi connectivity index (χ4n) is 1.39. The molecule has 3 heteroatoms. The lowest BCUT2D eigenvalue weighted by molar-refractivity contribution is -0.153. The van der Waals surface area contributed by atoms with Gasteiger partial charge in [0.25, 0.3) is 0 Å². The summed E-state index contributed by atoms with van der Waals surface area (Å²) >= 11 is 1.71. The second kappa shape index (κ2) is 6.64. The van der Waals surface area contributed by atoms with Crippen molar-refractivity contribution >= 4 is 23.8 Å². The van der Waals surface area contributed by atoms with E-state index < -0.39 is 5.60 Å². The monoisotopic (exact) mass is 264 g/mol. The van der Waals surface area contributed by atoms with Crippen LogP contribution in [0, 0.1) is 0 Å². The molecule has 0 fully saturated rings. The van der Waals surface area contributed by atoms with Crippen LogP contribution in [0.1, 0.15) is 32.8 Å². The Bertz CT molecular complexity index is 413. The molecule has 0 aliphatic carbocycles. The van der Waals surface area contributed by atoms with Gasteiger partial charge >= 0.3 is 5.97 Å². The van der Waals surface area contributed by atoms with Gasteiger partial charge in [-0.1, -0.05) is 24.3 Å². The first-order valence-corrected chi connectivity index (χ1v) is 7.15. The maximum atomic E-state index is 11.5. The summed E-state index contributed by atoms with van der Waals surface area (Å²) in [5, 5.41) is 0. The smallest absolute Gasteiger partial charge is 0.310 e. The highest BCUT2D eigenvalue weighted by Gasteiger charge is 2.14. The summed E-state index contributed by atoms with van der Waals surface area (Å²) in [7, 11) is 0. The van der Waals surface area contributed by atoms with Crippen LogP contribution < -0.4 is 0 Å². The summed E-state index contributed by atoms with van der Waals surface area (Å²) in [6.45, 7) is 5.61. The van der Waals surface area contributed by atoms with E-state index in [4.69, 9.17) is 4.74 Å². The van der Waals surface area contributed by atoms with Crippen molar-refractivity contribution in [1.82, 2.24) is 0 Å². The zero-order chi connectivity index (χ0) is 13.6. The van der Waals surface area contributed by atoms with Crippen LogP contribution in [0.3, 0.4) is 0 Å². The fourth-order valence-corrected chi connectivity index (χ4v) is 1.80. The first-order chi connectivity index (χ1) is 8.40. The summed E-state index contributed by atoms with van der Waals surface area (Å²) in [5.74, 6) is -0.195. The number of esters is 1. The molecule has 0 atom stereocenters. The van der Waals surface area contributed by atoms with E-state index in [1.807, 2.05) is 51.3 Å². The first-order valence-electron chi connectivity index (χ1n) is 5.93. The lowest BCUT2D eigenvalue weighted by atomic mass is 10.2. The van der Waals surface area contributed by atoms with Gasteiger partial charge in [0.2, 0.25) is 0 Å². The average molecular weight is 264 g/mol. The van der Waals surface area contributed by atoms with Gasteiger partial charge in [0.05, 0.1) is 6.42 Å². The van der Waals surface area contributed by atoms with Gasteiger partial charge in [-0.05, 0) is 44.7 Å². The first kappa shape index (κ1) is 14.8. The summed E-state index contributed by atoms with van der Waals surface area (Å²) in [5.41, 5.74) is 0.682. The molecule has 1 rings (SSSR count). The molecule has 1 aromatic carbocycles. The molecule has 0 aliphatic heterocycles. The Labute approximate surface area is 113 Å². The second-order valence-electron chi connectivity index (χ2n) is 4.97. The molecule has 0 heterocycles. The molecule has 0 amide bonds. The number of thioether (sulfide) groups is 1. The molecule has 0 saturated heterocycles. The molecule has 98 valence electrons. The van der Waals surface area contributed by atoms with Crippen molar-refractivity contribution in [3.8, 4) is 0 Å². The average Bonchev–Trinajstić information content (AvgIpc) is 2.27. The Morgan fingerprint density at radius 2 is 1.89 bits per heavy atom. The molecule has 0 aromatic heterocycles. The highest BCUT2D eigenvalue weighted by atomic mass is 32.2. The van der Waals surface area contributed by atoms with Crippen LogP contribution in [-0.2, 0) is 9.53 Å². The molecular weight excluding hydrogens is 244 g/mol. The van der Waals surface area contributed by atoms with Crippen molar-refractivity contribution in [3.05, 3.63) is 35.9 Å². The van der Waals surface area contributed by atoms with Crippen molar-refractivity contribution in [2.45, 2.75) is 37.7 Å². The molecule has 0 saturated carbocycles. The zero-order valence-corrected chi connectivity index (χ0v) is 12.2. The van der Waals surface area contributed by atoms with Crippen LogP contribution in [-0.4, -0.2) is 17.8 Å². The van der Waals surface area contributed by atoms with Gasteiger partial charge in [-0.15, -0.1) is 11.8 Å². The second-order valence-corrected chi connectivity index (χ2v) is 5.85. The molecule has 0 N–H and O–H groups in total. The SMILES string of the molecule is CSc1ccc(/C=C\CC(=O)OC(C)(C)C)cc1. The predicted molar refractivity (Wildman–Crippen MR) is 77.7 cm³/mol. The van der Waals surface area contributed by atoms with E-state index in [0.29, 0.717) is 6.42 Å². The lowest BCUT2D eigenvalue weighted by Crippen LogP contribution is -2.23. The van der Waals surface area contributed by atoms with Crippen LogP contribution in [0.15, 0.2) is 35.2 Å². The van der Waals surface area contributed by atoms with Crippen molar-refractivity contribution in [3.63, 3.8) is 0 Å². The Balaban J connectivity index is 2.47. The zero-order valence-electron chi connectivity index (χ0n) is 11.4. The highest BCUT2D eigenvalue weighted by Crippen LogP contribution is 2.15. The fraction of sp³-hybridized carbons (Fsp3) is 0.400. The van der Waals surface area contributed by atoms with Crippen LogP contribution in [0.25, 0.3) is 6.08 Å². The number of rotatable bonds is 4. The Kier molecular flexibility index (Phi) is 5.48. The standard InChI is InChI=1S/C15H20O2S/c1-15(2,3)17-14(16)7-5-6-12-8-10-13(18-4)11-9-12/h5-6,8-11H,7H2,1-4H3/b6-5-. The highest BCUT2D eigenvalue weighted by molar-refractivity contribution is 7.98. The Hall–Kier alpha value is -1.22. The van der Waals surface area contributed by atoms with Crippen LogP contribution >= 0.6 is 11.8 Å². The molecule has 0 bridgehead atoms. The van der Waals surface area contributed by atoms with Gasteiger partial charge in [0.15, 0.2) is 0 Å². The van der Waals surface area contributed by atoms with Gasteiger partial charge in [-0.2, -0.15) is 0 Å². The van der Waals surface area contributed by atoms with Crippen LogP contribution in [0.5, 0.6) is 0 Å². The van der Waals surface area contributed by atoms with Crippen LogP contribution in [0.4, 0.5) is 0 Å². The predicted octanol–water partition coefficient (Wildman–Crippen LogP) is 4.15. The Morgan fingerprint density at radius 3 is 2.39 bits per heavy atom. The molecule has 0 unspecified atom stereocenters. The molecule has 0 radical (unpaired) electrons. The molecule has 2 nitrogen and oxygen atoms in total. The minimum absolute atomic E-state index is 0.195. The van der Waals surface area contributed by atoms with E-state index >= 15 is 0 Å². The van der Waals surface area contributed by atoms with E-state index in [2.05, 4.69) is 12.1 Å². The number of benzene rings is 1. The normalized spacial score (nSPS) is 11.8. The van der Waals surface area contributed by atoms with Crippen molar-refractivity contribution in [2.24, 2.45) is 0 Å². The number of ether oxygens (including phenoxy) is 1. The van der Waals surface area contributed by atoms with Gasteiger partial charge < -0.3 is 4.74 Å². The summed E-state index contributed by atoms with van der Waals surface area (Å²) in [6, 6.07) is 8.21. The number of carbonyl (C=O) groups is 1. The largest absolute Gasteiger partial charge is 0.460 e. The number of hydrogen-bond donors (Lipinski definition) is 0. The van der Waals surface area contributed by atoms with Gasteiger partial charge in [0, 0.05) is 4.90 Å². The van der Waals surface area contributed by atoms with Gasteiger partial charge in [-0.3, -0.25) is 4.79 Å². The summed E-state index contributed by atoms with van der Waals surface area (Å²) < 4.78 is 5.22. The third kappa shape index (κ3) is 5.92. The maximum Gasteiger partial charge on any atom is 0.310 e. The van der Waals surface area contributed by atoms with E-state index in [0.717, 1.165) is 5.56 Å². The molecule has 18 heavy (non-hydrogen) atoms. The third-order valence-corrected chi connectivity index (χ3v) is 2.87. The van der Waals surface area contributed by atoms with Crippen molar-refractivity contribution in [2.75, 3.05) is 6.26 Å². The number of carbonyl (C=O) groups excluding carboxylic acids is 1. The lowest BCUT2D eigenvalue weighted by Gasteiger charge is -2.18. The molecule has 0 aliphatic rings. The molecule has 1 aromatic rings. The minimum Gasteiger partial charge on any atom is -0.460 e.